The van der Waals surface area contributed by atoms with Crippen molar-refractivity contribution in [1.82, 2.24) is 15.0 Å². The molecule has 0 saturated heterocycles. The number of hydrogen-bond donors (Lipinski definition) is 0. The summed E-state index contributed by atoms with van der Waals surface area (Å²) in [6.45, 7) is 0. The Hall–Kier alpha value is -6.19. The third kappa shape index (κ3) is 5.36. The summed E-state index contributed by atoms with van der Waals surface area (Å²) < 4.78 is 0. The second-order valence-corrected chi connectivity index (χ2v) is 11.3. The van der Waals surface area contributed by atoms with Crippen LogP contribution in [0, 0.1) is 0 Å². The monoisotopic (exact) mass is 587 g/mol. The number of fused-ring (bicyclic) bond motifs is 1. The Morgan fingerprint density at radius 1 is 0.326 bits per heavy atom. The zero-order chi connectivity index (χ0) is 30.7. The van der Waals surface area contributed by atoms with Crippen LogP contribution in [0.1, 0.15) is 0 Å². The molecule has 0 spiro atoms. The van der Waals surface area contributed by atoms with Gasteiger partial charge in [-0.3, -0.25) is 4.98 Å². The quantitative estimate of drug-likeness (QED) is 0.194. The van der Waals surface area contributed by atoms with Gasteiger partial charge in [0.25, 0.3) is 0 Å². The van der Waals surface area contributed by atoms with E-state index in [1.807, 2.05) is 36.5 Å². The number of rotatable bonds is 6. The molecule has 46 heavy (non-hydrogen) atoms. The highest BCUT2D eigenvalue weighted by Gasteiger charge is 2.15. The maximum absolute atomic E-state index is 5.15. The SMILES string of the molecule is c1ccc(-c2ccc(-c3cc(-c4ccc(-c5cccc(-c6cccnc6)c5)c5ccccc45)nc(-c4ccccc4)n3)cc2)cc1. The van der Waals surface area contributed by atoms with E-state index < -0.39 is 0 Å². The van der Waals surface area contributed by atoms with Crippen LogP contribution in [-0.2, 0) is 0 Å². The van der Waals surface area contributed by atoms with Crippen LogP contribution in [-0.4, -0.2) is 15.0 Å². The molecule has 8 aromatic rings. The van der Waals surface area contributed by atoms with Crippen LogP contribution in [0.3, 0.4) is 0 Å². The van der Waals surface area contributed by atoms with E-state index in [-0.39, 0.29) is 0 Å². The van der Waals surface area contributed by atoms with Crippen LogP contribution in [0.15, 0.2) is 176 Å². The average molecular weight is 588 g/mol. The highest BCUT2D eigenvalue weighted by molar-refractivity contribution is 6.05. The van der Waals surface area contributed by atoms with E-state index in [0.717, 1.165) is 50.2 Å². The van der Waals surface area contributed by atoms with Crippen LogP contribution in [0.25, 0.3) is 78.1 Å². The summed E-state index contributed by atoms with van der Waals surface area (Å²) in [4.78, 5) is 14.5. The molecule has 0 aliphatic carbocycles. The van der Waals surface area contributed by atoms with E-state index >= 15 is 0 Å². The van der Waals surface area contributed by atoms with E-state index in [1.165, 1.54) is 22.1 Å². The average Bonchev–Trinajstić information content (AvgIpc) is 3.15. The van der Waals surface area contributed by atoms with Crippen molar-refractivity contribution in [2.45, 2.75) is 0 Å². The Morgan fingerprint density at radius 2 is 0.891 bits per heavy atom. The van der Waals surface area contributed by atoms with Gasteiger partial charge in [0.1, 0.15) is 0 Å². The number of pyridine rings is 1. The molecular weight excluding hydrogens is 558 g/mol. The predicted octanol–water partition coefficient (Wildman–Crippen LogP) is 11.0. The molecule has 0 fully saturated rings. The van der Waals surface area contributed by atoms with Crippen molar-refractivity contribution >= 4 is 10.8 Å². The van der Waals surface area contributed by atoms with Crippen molar-refractivity contribution in [1.29, 1.82) is 0 Å². The lowest BCUT2D eigenvalue weighted by atomic mass is 9.92. The molecule has 0 atom stereocenters. The van der Waals surface area contributed by atoms with Gasteiger partial charge in [0.2, 0.25) is 0 Å². The highest BCUT2D eigenvalue weighted by Crippen LogP contribution is 2.38. The molecule has 0 N–H and O–H groups in total. The van der Waals surface area contributed by atoms with Gasteiger partial charge in [-0.25, -0.2) is 9.97 Å². The number of nitrogens with zero attached hydrogens (tertiary/aromatic N) is 3. The van der Waals surface area contributed by atoms with E-state index in [0.29, 0.717) is 5.82 Å². The lowest BCUT2D eigenvalue weighted by Gasteiger charge is -2.14. The molecule has 216 valence electrons. The maximum Gasteiger partial charge on any atom is 0.160 e. The molecule has 0 unspecified atom stereocenters. The fourth-order valence-corrected chi connectivity index (χ4v) is 6.09. The lowest BCUT2D eigenvalue weighted by Crippen LogP contribution is -1.97. The van der Waals surface area contributed by atoms with Crippen molar-refractivity contribution in [3.63, 3.8) is 0 Å². The third-order valence-electron chi connectivity index (χ3n) is 8.41. The van der Waals surface area contributed by atoms with Crippen LogP contribution in [0.2, 0.25) is 0 Å². The molecule has 2 heterocycles. The Kier molecular flexibility index (Phi) is 7.18. The summed E-state index contributed by atoms with van der Waals surface area (Å²) in [6, 6.07) is 57.2. The molecule has 0 bridgehead atoms. The van der Waals surface area contributed by atoms with Gasteiger partial charge in [0, 0.05) is 34.6 Å². The van der Waals surface area contributed by atoms with Gasteiger partial charge in [0.05, 0.1) is 11.4 Å². The summed E-state index contributed by atoms with van der Waals surface area (Å²) in [5.74, 6) is 0.706. The maximum atomic E-state index is 5.15. The van der Waals surface area contributed by atoms with E-state index in [9.17, 15) is 0 Å². The van der Waals surface area contributed by atoms with Crippen LogP contribution in [0.4, 0.5) is 0 Å². The van der Waals surface area contributed by atoms with Crippen molar-refractivity contribution in [2.24, 2.45) is 0 Å². The molecule has 6 aromatic carbocycles. The van der Waals surface area contributed by atoms with Crippen molar-refractivity contribution < 1.29 is 0 Å². The van der Waals surface area contributed by atoms with Crippen molar-refractivity contribution in [3.8, 4) is 67.3 Å². The molecule has 3 nitrogen and oxygen atoms in total. The smallest absolute Gasteiger partial charge is 0.160 e. The van der Waals surface area contributed by atoms with E-state index in [1.54, 1.807) is 6.20 Å². The first kappa shape index (κ1) is 27.4. The summed E-state index contributed by atoms with van der Waals surface area (Å²) >= 11 is 0. The van der Waals surface area contributed by atoms with Crippen molar-refractivity contribution in [3.05, 3.63) is 176 Å². The normalized spacial score (nSPS) is 11.0. The molecule has 0 saturated carbocycles. The first-order valence-electron chi connectivity index (χ1n) is 15.4. The van der Waals surface area contributed by atoms with Crippen LogP contribution >= 0.6 is 0 Å². The topological polar surface area (TPSA) is 38.7 Å². The fourth-order valence-electron chi connectivity index (χ4n) is 6.09. The summed E-state index contributed by atoms with van der Waals surface area (Å²) in [7, 11) is 0. The first-order valence-corrected chi connectivity index (χ1v) is 15.4. The zero-order valence-corrected chi connectivity index (χ0v) is 25.1. The Balaban J connectivity index is 1.26. The molecule has 2 aromatic heterocycles. The van der Waals surface area contributed by atoms with Gasteiger partial charge in [-0.05, 0) is 56.8 Å². The van der Waals surface area contributed by atoms with Gasteiger partial charge < -0.3 is 0 Å². The molecule has 3 heteroatoms. The number of aromatic nitrogens is 3. The predicted molar refractivity (Wildman–Crippen MR) is 190 cm³/mol. The number of benzene rings is 6. The number of hydrogen-bond acceptors (Lipinski definition) is 3. The largest absolute Gasteiger partial charge is 0.264 e. The lowest BCUT2D eigenvalue weighted by molar-refractivity contribution is 1.18. The van der Waals surface area contributed by atoms with Gasteiger partial charge in [-0.15, -0.1) is 0 Å². The van der Waals surface area contributed by atoms with Gasteiger partial charge in [0.15, 0.2) is 5.82 Å². The molecule has 0 aliphatic rings. The van der Waals surface area contributed by atoms with E-state index in [4.69, 9.17) is 9.97 Å². The standard InChI is InChI=1S/C43H29N3/c1-3-11-30(12-4-1)31-20-22-32(23-21-31)41-28-42(46-43(45-41)33-13-5-2-6-14-33)40-25-24-37(38-18-7-8-19-39(38)40)35-16-9-15-34(27-35)36-17-10-26-44-29-36/h1-29H. The van der Waals surface area contributed by atoms with Crippen LogP contribution in [0.5, 0.6) is 0 Å². The zero-order valence-electron chi connectivity index (χ0n) is 25.1. The molecule has 0 radical (unpaired) electrons. The van der Waals surface area contributed by atoms with Gasteiger partial charge in [-0.2, -0.15) is 0 Å². The Morgan fingerprint density at radius 3 is 1.63 bits per heavy atom. The van der Waals surface area contributed by atoms with Gasteiger partial charge in [-0.1, -0.05) is 146 Å². The van der Waals surface area contributed by atoms with Crippen molar-refractivity contribution in [2.75, 3.05) is 0 Å². The molecular formula is C43H29N3. The first-order chi connectivity index (χ1) is 22.8. The fraction of sp³-hybridized carbons (Fsp3) is 0. The van der Waals surface area contributed by atoms with Crippen LogP contribution < -0.4 is 0 Å². The third-order valence-corrected chi connectivity index (χ3v) is 8.41. The molecule has 0 aliphatic heterocycles. The second-order valence-electron chi connectivity index (χ2n) is 11.3. The second kappa shape index (κ2) is 12.1. The van der Waals surface area contributed by atoms with E-state index in [2.05, 4.69) is 138 Å². The Bertz CT molecular complexity index is 2280. The van der Waals surface area contributed by atoms with Gasteiger partial charge >= 0.3 is 0 Å². The summed E-state index contributed by atoms with van der Waals surface area (Å²) in [5.41, 5.74) is 11.8. The summed E-state index contributed by atoms with van der Waals surface area (Å²) in [5, 5.41) is 2.33. The molecule has 0 amide bonds. The summed E-state index contributed by atoms with van der Waals surface area (Å²) in [6.07, 6.45) is 3.72. The minimum Gasteiger partial charge on any atom is -0.264 e. The molecule has 8 rings (SSSR count). The minimum atomic E-state index is 0.706. The Labute approximate surface area is 268 Å². The minimum absolute atomic E-state index is 0.706. The highest BCUT2D eigenvalue weighted by atomic mass is 14.9.